The lowest BCUT2D eigenvalue weighted by Gasteiger charge is -2.39. The van der Waals surface area contributed by atoms with Crippen LogP contribution in [-0.4, -0.2) is 30.4 Å². The predicted octanol–water partition coefficient (Wildman–Crippen LogP) is 2.27. The number of ether oxygens (including phenoxy) is 1. The van der Waals surface area contributed by atoms with E-state index in [1.165, 1.54) is 5.56 Å². The van der Waals surface area contributed by atoms with Gasteiger partial charge >= 0.3 is 0 Å². The Morgan fingerprint density at radius 1 is 1.50 bits per heavy atom. The Balaban J connectivity index is 2.01. The Kier molecular flexibility index (Phi) is 4.25. The lowest BCUT2D eigenvalue weighted by molar-refractivity contribution is 0.0554. The second kappa shape index (κ2) is 5.72. The highest BCUT2D eigenvalue weighted by molar-refractivity contribution is 5.27. The minimum Gasteiger partial charge on any atom is -0.490 e. The third-order valence-corrected chi connectivity index (χ3v) is 3.93. The average molecular weight is 249 g/mol. The van der Waals surface area contributed by atoms with E-state index >= 15 is 0 Å². The Bertz CT molecular complexity index is 388. The Labute approximate surface area is 109 Å². The molecular weight excluding hydrogens is 226 g/mol. The zero-order valence-electron chi connectivity index (χ0n) is 11.3. The van der Waals surface area contributed by atoms with Crippen molar-refractivity contribution in [3.8, 4) is 5.75 Å². The van der Waals surface area contributed by atoms with Crippen LogP contribution in [0.5, 0.6) is 5.75 Å². The fraction of sp³-hybridized carbons (Fsp3) is 0.600. The first-order valence-corrected chi connectivity index (χ1v) is 6.70. The summed E-state index contributed by atoms with van der Waals surface area (Å²) in [6, 6.07) is 8.15. The molecule has 2 N–H and O–H groups in total. The van der Waals surface area contributed by atoms with Gasteiger partial charge in [0.05, 0.1) is 6.61 Å². The minimum absolute atomic E-state index is 0.160. The topological polar surface area (TPSA) is 41.5 Å². The number of aliphatic hydroxyl groups is 1. The molecule has 0 spiro atoms. The second-order valence-electron chi connectivity index (χ2n) is 5.34. The van der Waals surface area contributed by atoms with Crippen LogP contribution < -0.4 is 10.1 Å². The molecule has 1 saturated carbocycles. The van der Waals surface area contributed by atoms with Crippen molar-refractivity contribution in [2.45, 2.75) is 44.2 Å². The maximum atomic E-state index is 9.55. The first kappa shape index (κ1) is 13.4. The summed E-state index contributed by atoms with van der Waals surface area (Å²) in [4.78, 5) is 0. The van der Waals surface area contributed by atoms with Gasteiger partial charge in [0.1, 0.15) is 11.9 Å². The number of likely N-dealkylation sites (N-methyl/N-ethyl adjacent to an activating group) is 1. The fourth-order valence-corrected chi connectivity index (χ4v) is 2.74. The molecule has 0 aliphatic heterocycles. The first-order valence-electron chi connectivity index (χ1n) is 6.70. The largest absolute Gasteiger partial charge is 0.490 e. The summed E-state index contributed by atoms with van der Waals surface area (Å²) in [5, 5.41) is 12.8. The Morgan fingerprint density at radius 2 is 2.33 bits per heavy atom. The fourth-order valence-electron chi connectivity index (χ4n) is 2.74. The number of aryl methyl sites for hydroxylation is 1. The van der Waals surface area contributed by atoms with E-state index in [2.05, 4.69) is 24.4 Å². The van der Waals surface area contributed by atoms with Gasteiger partial charge in [-0.05, 0) is 50.9 Å². The van der Waals surface area contributed by atoms with Gasteiger partial charge in [0.25, 0.3) is 0 Å². The van der Waals surface area contributed by atoms with Crippen molar-refractivity contribution in [3.63, 3.8) is 0 Å². The number of benzene rings is 1. The number of hydrogen-bond donors (Lipinski definition) is 2. The molecule has 3 nitrogen and oxygen atoms in total. The monoisotopic (exact) mass is 249 g/mol. The molecule has 0 saturated heterocycles. The van der Waals surface area contributed by atoms with Crippen LogP contribution in [0.15, 0.2) is 24.3 Å². The molecule has 100 valence electrons. The third kappa shape index (κ3) is 3.03. The predicted molar refractivity (Wildman–Crippen MR) is 72.9 cm³/mol. The van der Waals surface area contributed by atoms with Gasteiger partial charge in [0, 0.05) is 12.0 Å². The molecule has 1 aliphatic carbocycles. The molecule has 0 amide bonds. The summed E-state index contributed by atoms with van der Waals surface area (Å²) < 4.78 is 6.04. The molecule has 1 aromatic carbocycles. The first-order chi connectivity index (χ1) is 8.67. The summed E-state index contributed by atoms with van der Waals surface area (Å²) in [6.45, 7) is 2.25. The van der Waals surface area contributed by atoms with Crippen LogP contribution in [0.3, 0.4) is 0 Å². The van der Waals surface area contributed by atoms with Crippen molar-refractivity contribution in [1.82, 2.24) is 5.32 Å². The van der Waals surface area contributed by atoms with E-state index in [1.807, 2.05) is 19.2 Å². The summed E-state index contributed by atoms with van der Waals surface area (Å²) in [5.74, 6) is 0.935. The van der Waals surface area contributed by atoms with Gasteiger partial charge in [-0.2, -0.15) is 0 Å². The van der Waals surface area contributed by atoms with Crippen LogP contribution in [0, 0.1) is 6.92 Å². The van der Waals surface area contributed by atoms with E-state index in [-0.39, 0.29) is 18.2 Å². The van der Waals surface area contributed by atoms with Gasteiger partial charge in [0.2, 0.25) is 0 Å². The number of nitrogens with one attached hydrogen (secondary N) is 1. The van der Waals surface area contributed by atoms with E-state index in [4.69, 9.17) is 4.74 Å². The van der Waals surface area contributed by atoms with Gasteiger partial charge in [-0.25, -0.2) is 0 Å². The van der Waals surface area contributed by atoms with Gasteiger partial charge < -0.3 is 15.2 Å². The van der Waals surface area contributed by atoms with Gasteiger partial charge in [-0.1, -0.05) is 12.1 Å². The molecule has 0 bridgehead atoms. The van der Waals surface area contributed by atoms with Crippen LogP contribution in [0.1, 0.15) is 31.2 Å². The van der Waals surface area contributed by atoms with Crippen LogP contribution in [0.4, 0.5) is 0 Å². The van der Waals surface area contributed by atoms with Crippen LogP contribution >= 0.6 is 0 Å². The molecule has 0 radical (unpaired) electrons. The molecule has 1 aliphatic rings. The Morgan fingerprint density at radius 3 is 3.00 bits per heavy atom. The smallest absolute Gasteiger partial charge is 0.119 e. The SMILES string of the molecule is CNC1(CO)CCCC(Oc2cccc(C)c2)C1. The highest BCUT2D eigenvalue weighted by Crippen LogP contribution is 2.30. The van der Waals surface area contributed by atoms with E-state index in [9.17, 15) is 5.11 Å². The molecule has 3 heteroatoms. The van der Waals surface area contributed by atoms with Gasteiger partial charge in [-0.15, -0.1) is 0 Å². The van der Waals surface area contributed by atoms with Crippen molar-refractivity contribution in [2.24, 2.45) is 0 Å². The van der Waals surface area contributed by atoms with E-state index < -0.39 is 0 Å². The highest BCUT2D eigenvalue weighted by atomic mass is 16.5. The summed E-state index contributed by atoms with van der Waals surface area (Å²) >= 11 is 0. The average Bonchev–Trinajstić information content (AvgIpc) is 2.39. The van der Waals surface area contributed by atoms with E-state index in [0.29, 0.717) is 0 Å². The number of rotatable bonds is 4. The normalized spacial score (nSPS) is 28.1. The molecule has 0 aromatic heterocycles. The van der Waals surface area contributed by atoms with Crippen molar-refractivity contribution < 1.29 is 9.84 Å². The lowest BCUT2D eigenvalue weighted by atomic mass is 9.81. The van der Waals surface area contributed by atoms with Crippen LogP contribution in [0.25, 0.3) is 0 Å². The summed E-state index contributed by atoms with van der Waals surface area (Å²) in [7, 11) is 1.92. The van der Waals surface area contributed by atoms with Crippen LogP contribution in [-0.2, 0) is 0 Å². The number of hydrogen-bond acceptors (Lipinski definition) is 3. The van der Waals surface area contributed by atoms with Gasteiger partial charge in [0.15, 0.2) is 0 Å². The minimum atomic E-state index is -0.160. The van der Waals surface area contributed by atoms with Gasteiger partial charge in [-0.3, -0.25) is 0 Å². The number of aliphatic hydroxyl groups excluding tert-OH is 1. The zero-order chi connectivity index (χ0) is 13.0. The molecule has 1 fully saturated rings. The molecule has 0 heterocycles. The van der Waals surface area contributed by atoms with Crippen molar-refractivity contribution in [2.75, 3.05) is 13.7 Å². The highest BCUT2D eigenvalue weighted by Gasteiger charge is 2.35. The molecule has 2 unspecified atom stereocenters. The molecule has 2 rings (SSSR count). The summed E-state index contributed by atoms with van der Waals surface area (Å²) in [6.07, 6.45) is 4.25. The standard InChI is InChI=1S/C15H23NO2/c1-12-5-3-6-13(9-12)18-14-7-4-8-15(10-14,11-17)16-2/h3,5-6,9,14,16-17H,4,7-8,10-11H2,1-2H3. The second-order valence-corrected chi connectivity index (χ2v) is 5.34. The molecule has 18 heavy (non-hydrogen) atoms. The third-order valence-electron chi connectivity index (χ3n) is 3.93. The van der Waals surface area contributed by atoms with E-state index in [1.54, 1.807) is 0 Å². The maximum Gasteiger partial charge on any atom is 0.119 e. The van der Waals surface area contributed by atoms with E-state index in [0.717, 1.165) is 31.4 Å². The van der Waals surface area contributed by atoms with Crippen molar-refractivity contribution >= 4 is 0 Å². The van der Waals surface area contributed by atoms with Crippen molar-refractivity contribution in [1.29, 1.82) is 0 Å². The van der Waals surface area contributed by atoms with Crippen molar-refractivity contribution in [3.05, 3.63) is 29.8 Å². The van der Waals surface area contributed by atoms with Crippen LogP contribution in [0.2, 0.25) is 0 Å². The lowest BCUT2D eigenvalue weighted by Crippen LogP contribution is -2.52. The molecule has 1 aromatic rings. The Hall–Kier alpha value is -1.06. The zero-order valence-corrected chi connectivity index (χ0v) is 11.3. The maximum absolute atomic E-state index is 9.55. The molecule has 2 atom stereocenters. The quantitative estimate of drug-likeness (QED) is 0.860. The molecular formula is C15H23NO2. The summed E-state index contributed by atoms with van der Waals surface area (Å²) in [5.41, 5.74) is 1.05.